The van der Waals surface area contributed by atoms with Crippen molar-refractivity contribution in [1.29, 1.82) is 0 Å². The summed E-state index contributed by atoms with van der Waals surface area (Å²) in [6.07, 6.45) is 5.41. The van der Waals surface area contributed by atoms with Crippen molar-refractivity contribution in [3.63, 3.8) is 0 Å². The van der Waals surface area contributed by atoms with E-state index in [4.69, 9.17) is 4.84 Å². The van der Waals surface area contributed by atoms with Crippen LogP contribution in [0.1, 0.15) is 32.1 Å². The van der Waals surface area contributed by atoms with Gasteiger partial charge in [-0.1, -0.05) is 6.42 Å². The van der Waals surface area contributed by atoms with E-state index in [-0.39, 0.29) is 5.91 Å². The number of fused-ring (bicyclic) bond motifs is 1. The zero-order chi connectivity index (χ0) is 8.55. The summed E-state index contributed by atoms with van der Waals surface area (Å²) in [6.45, 7) is 0. The summed E-state index contributed by atoms with van der Waals surface area (Å²) in [5.41, 5.74) is 0. The lowest BCUT2D eigenvalue weighted by molar-refractivity contribution is -0.199. The molecule has 2 aliphatic rings. The molecule has 1 amide bonds. The molecule has 1 heterocycles. The number of rotatable bonds is 1. The summed E-state index contributed by atoms with van der Waals surface area (Å²) in [7, 11) is 1.60. The summed E-state index contributed by atoms with van der Waals surface area (Å²) in [5.74, 6) is 0.878. The molecule has 3 heteroatoms. The lowest BCUT2D eigenvalue weighted by Crippen LogP contribution is -2.45. The van der Waals surface area contributed by atoms with Crippen LogP contribution in [0.2, 0.25) is 0 Å². The summed E-state index contributed by atoms with van der Waals surface area (Å²) in [5, 5.41) is 1.60. The van der Waals surface area contributed by atoms with E-state index in [0.717, 1.165) is 12.8 Å². The number of carbonyl (C=O) groups excluding carboxylic acids is 1. The number of piperidine rings is 1. The Balaban J connectivity index is 2.11. The van der Waals surface area contributed by atoms with Crippen molar-refractivity contribution in [2.24, 2.45) is 5.92 Å². The van der Waals surface area contributed by atoms with Crippen LogP contribution in [0.25, 0.3) is 0 Å². The van der Waals surface area contributed by atoms with E-state index >= 15 is 0 Å². The highest BCUT2D eigenvalue weighted by Gasteiger charge is 2.39. The molecule has 0 aromatic rings. The number of hydroxylamine groups is 2. The maximum absolute atomic E-state index is 11.4. The summed E-state index contributed by atoms with van der Waals surface area (Å²) in [6, 6.07) is 0.385. The van der Waals surface area contributed by atoms with Crippen LogP contribution >= 0.6 is 0 Å². The highest BCUT2D eigenvalue weighted by atomic mass is 16.7. The van der Waals surface area contributed by atoms with Crippen LogP contribution in [-0.2, 0) is 9.63 Å². The van der Waals surface area contributed by atoms with E-state index in [0.29, 0.717) is 18.4 Å². The van der Waals surface area contributed by atoms with Crippen molar-refractivity contribution in [2.75, 3.05) is 7.11 Å². The van der Waals surface area contributed by atoms with Gasteiger partial charge in [0.15, 0.2) is 0 Å². The second-order valence-corrected chi connectivity index (χ2v) is 3.70. The molecule has 1 saturated heterocycles. The van der Waals surface area contributed by atoms with E-state index in [1.165, 1.54) is 12.8 Å². The minimum atomic E-state index is 0.167. The lowest BCUT2D eigenvalue weighted by Gasteiger charge is -2.35. The molecule has 0 unspecified atom stereocenters. The topological polar surface area (TPSA) is 29.5 Å². The molecular weight excluding hydrogens is 154 g/mol. The Kier molecular flexibility index (Phi) is 2.05. The first kappa shape index (κ1) is 8.05. The zero-order valence-electron chi connectivity index (χ0n) is 7.45. The van der Waals surface area contributed by atoms with Crippen molar-refractivity contribution < 1.29 is 9.63 Å². The van der Waals surface area contributed by atoms with Crippen molar-refractivity contribution in [1.82, 2.24) is 5.06 Å². The summed E-state index contributed by atoms with van der Waals surface area (Å²) in [4.78, 5) is 16.5. The molecule has 0 aromatic heterocycles. The van der Waals surface area contributed by atoms with Gasteiger partial charge < -0.3 is 0 Å². The third kappa shape index (κ3) is 1.12. The Morgan fingerprint density at radius 3 is 3.00 bits per heavy atom. The molecule has 1 saturated carbocycles. The smallest absolute Gasteiger partial charge is 0.246 e. The molecule has 1 aliphatic heterocycles. The molecule has 0 aromatic carbocycles. The lowest BCUT2D eigenvalue weighted by atomic mass is 9.93. The average molecular weight is 169 g/mol. The van der Waals surface area contributed by atoms with Gasteiger partial charge in [0.2, 0.25) is 5.91 Å². The third-order valence-electron chi connectivity index (χ3n) is 3.09. The summed E-state index contributed by atoms with van der Waals surface area (Å²) < 4.78 is 0. The number of carbonyl (C=O) groups is 1. The molecule has 1 aliphatic carbocycles. The Hall–Kier alpha value is -0.570. The quantitative estimate of drug-likeness (QED) is 0.592. The minimum Gasteiger partial charge on any atom is -0.274 e. The van der Waals surface area contributed by atoms with Crippen molar-refractivity contribution in [2.45, 2.75) is 38.1 Å². The van der Waals surface area contributed by atoms with Gasteiger partial charge >= 0.3 is 0 Å². The number of hydrogen-bond donors (Lipinski definition) is 0. The van der Waals surface area contributed by atoms with E-state index in [1.54, 1.807) is 12.2 Å². The molecule has 0 bridgehead atoms. The Labute approximate surface area is 72.6 Å². The molecular formula is C9H15NO2. The monoisotopic (exact) mass is 169 g/mol. The molecule has 68 valence electrons. The van der Waals surface area contributed by atoms with Gasteiger partial charge in [0, 0.05) is 6.42 Å². The highest BCUT2D eigenvalue weighted by molar-refractivity contribution is 5.76. The van der Waals surface area contributed by atoms with E-state index in [1.807, 2.05) is 0 Å². The summed E-state index contributed by atoms with van der Waals surface area (Å²) >= 11 is 0. The fourth-order valence-electron chi connectivity index (χ4n) is 2.50. The van der Waals surface area contributed by atoms with Gasteiger partial charge in [0.1, 0.15) is 0 Å². The zero-order valence-corrected chi connectivity index (χ0v) is 7.45. The van der Waals surface area contributed by atoms with Crippen LogP contribution in [0.5, 0.6) is 0 Å². The van der Waals surface area contributed by atoms with Crippen LogP contribution in [0.15, 0.2) is 0 Å². The Bertz CT molecular complexity index is 193. The number of amides is 1. The maximum Gasteiger partial charge on any atom is 0.246 e. The standard InChI is InChI=1S/C9H15NO2/c1-12-10-8-4-2-3-7(8)5-6-9(10)11/h7-8H,2-6H2,1H3/t7-,8-/m0/s1. The van der Waals surface area contributed by atoms with Crippen LogP contribution in [0, 0.1) is 5.92 Å². The van der Waals surface area contributed by atoms with Crippen molar-refractivity contribution in [3.05, 3.63) is 0 Å². The first-order valence-electron chi connectivity index (χ1n) is 4.69. The average Bonchev–Trinajstić information content (AvgIpc) is 2.52. The normalized spacial score (nSPS) is 35.4. The number of nitrogens with zero attached hydrogens (tertiary/aromatic N) is 1. The predicted octanol–water partition coefficient (Wildman–Crippen LogP) is 1.34. The van der Waals surface area contributed by atoms with Gasteiger partial charge in [0.25, 0.3) is 0 Å². The van der Waals surface area contributed by atoms with E-state index in [9.17, 15) is 4.79 Å². The Morgan fingerprint density at radius 1 is 1.42 bits per heavy atom. The fraction of sp³-hybridized carbons (Fsp3) is 0.889. The molecule has 3 nitrogen and oxygen atoms in total. The second-order valence-electron chi connectivity index (χ2n) is 3.70. The van der Waals surface area contributed by atoms with Crippen LogP contribution < -0.4 is 0 Å². The molecule has 0 radical (unpaired) electrons. The van der Waals surface area contributed by atoms with Crippen LogP contribution in [0.3, 0.4) is 0 Å². The molecule has 2 rings (SSSR count). The van der Waals surface area contributed by atoms with Gasteiger partial charge in [-0.15, -0.1) is 0 Å². The fourth-order valence-corrected chi connectivity index (χ4v) is 2.50. The highest BCUT2D eigenvalue weighted by Crippen LogP contribution is 2.36. The molecule has 0 N–H and O–H groups in total. The van der Waals surface area contributed by atoms with E-state index in [2.05, 4.69) is 0 Å². The first-order valence-corrected chi connectivity index (χ1v) is 4.69. The van der Waals surface area contributed by atoms with Gasteiger partial charge in [-0.05, 0) is 25.2 Å². The van der Waals surface area contributed by atoms with Crippen LogP contribution in [-0.4, -0.2) is 24.1 Å². The van der Waals surface area contributed by atoms with Gasteiger partial charge in [0.05, 0.1) is 13.2 Å². The molecule has 12 heavy (non-hydrogen) atoms. The second kappa shape index (κ2) is 3.05. The molecule has 0 spiro atoms. The molecule has 2 fully saturated rings. The first-order chi connectivity index (χ1) is 5.83. The molecule has 2 atom stereocenters. The minimum absolute atomic E-state index is 0.167. The Morgan fingerprint density at radius 2 is 2.25 bits per heavy atom. The third-order valence-corrected chi connectivity index (χ3v) is 3.09. The number of hydrogen-bond acceptors (Lipinski definition) is 2. The van der Waals surface area contributed by atoms with Gasteiger partial charge in [-0.2, -0.15) is 0 Å². The van der Waals surface area contributed by atoms with Crippen molar-refractivity contribution >= 4 is 5.91 Å². The van der Waals surface area contributed by atoms with Crippen molar-refractivity contribution in [3.8, 4) is 0 Å². The van der Waals surface area contributed by atoms with E-state index < -0.39 is 0 Å². The SMILES string of the molecule is CON1C(=O)CC[C@@H]2CCC[C@@H]21. The largest absolute Gasteiger partial charge is 0.274 e. The van der Waals surface area contributed by atoms with Crippen LogP contribution in [0.4, 0.5) is 0 Å². The predicted molar refractivity (Wildman–Crippen MR) is 44.2 cm³/mol. The van der Waals surface area contributed by atoms with Gasteiger partial charge in [-0.3, -0.25) is 9.63 Å². The van der Waals surface area contributed by atoms with Gasteiger partial charge in [-0.25, -0.2) is 5.06 Å². The maximum atomic E-state index is 11.4.